The number of hydrogen-bond donors (Lipinski definition) is 3. The van der Waals surface area contributed by atoms with E-state index in [-0.39, 0.29) is 5.91 Å². The number of hydrogen-bond acceptors (Lipinski definition) is 4. The molecule has 0 spiro atoms. The van der Waals surface area contributed by atoms with E-state index in [9.17, 15) is 9.59 Å². The van der Waals surface area contributed by atoms with Crippen LogP contribution in [0, 0.1) is 5.92 Å². The molecule has 1 aromatic rings. The predicted octanol–water partition coefficient (Wildman–Crippen LogP) is 3.22. The molecule has 1 aromatic carbocycles. The Morgan fingerprint density at radius 2 is 2.19 bits per heavy atom. The van der Waals surface area contributed by atoms with Crippen LogP contribution >= 0.6 is 0 Å². The van der Waals surface area contributed by atoms with E-state index in [0.717, 1.165) is 24.8 Å². The van der Waals surface area contributed by atoms with Crippen molar-refractivity contribution in [3.63, 3.8) is 0 Å². The maximum Gasteiger partial charge on any atom is 0.271 e. The maximum absolute atomic E-state index is 12.2. The zero-order valence-corrected chi connectivity index (χ0v) is 14.7. The van der Waals surface area contributed by atoms with Crippen LogP contribution in [0.3, 0.4) is 0 Å². The molecule has 136 valence electrons. The average molecular weight is 353 g/mol. The van der Waals surface area contributed by atoms with Crippen LogP contribution in [0.1, 0.15) is 42.1 Å². The van der Waals surface area contributed by atoms with E-state index in [1.165, 1.54) is 23.2 Å². The zero-order valence-electron chi connectivity index (χ0n) is 14.7. The minimum atomic E-state index is -0.640. The summed E-state index contributed by atoms with van der Waals surface area (Å²) in [6.45, 7) is 6.05. The fraction of sp³-hybridized carbons (Fsp3) is 0.250. The van der Waals surface area contributed by atoms with Crippen molar-refractivity contribution in [1.29, 1.82) is 0 Å². The van der Waals surface area contributed by atoms with Gasteiger partial charge in [-0.05, 0) is 61.4 Å². The minimum Gasteiger partial charge on any atom is -0.288 e. The average Bonchev–Trinajstić information content (AvgIpc) is 2.66. The van der Waals surface area contributed by atoms with Gasteiger partial charge in [0.05, 0.1) is 6.21 Å². The summed E-state index contributed by atoms with van der Waals surface area (Å²) in [7, 11) is 0. The van der Waals surface area contributed by atoms with E-state index < -0.39 is 5.91 Å². The van der Waals surface area contributed by atoms with Gasteiger partial charge >= 0.3 is 0 Å². The van der Waals surface area contributed by atoms with Crippen molar-refractivity contribution < 1.29 is 14.8 Å². The minimum absolute atomic E-state index is 0.334. The quantitative estimate of drug-likeness (QED) is 0.241. The molecule has 0 heterocycles. The van der Waals surface area contributed by atoms with Gasteiger partial charge < -0.3 is 0 Å². The zero-order chi connectivity index (χ0) is 18.9. The fourth-order valence-corrected chi connectivity index (χ4v) is 2.65. The largest absolute Gasteiger partial charge is 0.288 e. The molecule has 0 fully saturated rings. The van der Waals surface area contributed by atoms with Crippen LogP contribution in [0.15, 0.2) is 59.2 Å². The number of nitrogens with one attached hydrogen (secondary N) is 2. The molecule has 3 N–H and O–H groups in total. The Morgan fingerprint density at radius 3 is 2.85 bits per heavy atom. The van der Waals surface area contributed by atoms with Crippen molar-refractivity contribution in [3.05, 3.63) is 65.3 Å². The summed E-state index contributed by atoms with van der Waals surface area (Å²) in [5.74, 6) is -0.441. The summed E-state index contributed by atoms with van der Waals surface area (Å²) in [6.07, 6.45) is 9.42. The molecule has 0 radical (unpaired) electrons. The van der Waals surface area contributed by atoms with Gasteiger partial charge in [-0.3, -0.25) is 14.8 Å². The van der Waals surface area contributed by atoms with E-state index >= 15 is 0 Å². The Balaban J connectivity index is 1.93. The first-order chi connectivity index (χ1) is 12.5. The van der Waals surface area contributed by atoms with Crippen molar-refractivity contribution >= 4 is 24.1 Å². The fourth-order valence-electron chi connectivity index (χ4n) is 2.65. The first-order valence-electron chi connectivity index (χ1n) is 8.39. The highest BCUT2D eigenvalue weighted by Crippen LogP contribution is 2.27. The second kappa shape index (κ2) is 9.48. The highest BCUT2D eigenvalue weighted by Gasteiger charge is 2.13. The molecule has 6 heteroatoms. The standard InChI is InChI=1S/C20H23N3O3/c1-14(2)17-9-6-16(7-10-17)13-21-22-20(25)18-5-3-4-15(12-18)8-11-19(24)23-26/h3-6,8,11-13,17,26H,1,7,9-10H2,2H3,(H,22,25)(H,23,24). The van der Waals surface area contributed by atoms with E-state index in [1.807, 2.05) is 0 Å². The Kier molecular flexibility index (Phi) is 7.05. The van der Waals surface area contributed by atoms with Gasteiger partial charge in [-0.15, -0.1) is 0 Å². The van der Waals surface area contributed by atoms with Gasteiger partial charge in [0.15, 0.2) is 0 Å². The molecule has 1 atom stereocenters. The molecule has 2 amide bonds. The maximum atomic E-state index is 12.2. The van der Waals surface area contributed by atoms with Gasteiger partial charge in [0, 0.05) is 11.6 Å². The van der Waals surface area contributed by atoms with Gasteiger partial charge in [0.25, 0.3) is 11.8 Å². The van der Waals surface area contributed by atoms with Gasteiger partial charge in [0.1, 0.15) is 0 Å². The van der Waals surface area contributed by atoms with Crippen LogP contribution < -0.4 is 10.9 Å². The van der Waals surface area contributed by atoms with Crippen molar-refractivity contribution in [2.45, 2.75) is 26.2 Å². The molecule has 1 aliphatic carbocycles. The third-order valence-electron chi connectivity index (χ3n) is 4.23. The summed E-state index contributed by atoms with van der Waals surface area (Å²) in [5.41, 5.74) is 7.41. The Morgan fingerprint density at radius 1 is 1.38 bits per heavy atom. The number of allylic oxidation sites excluding steroid dienone is 3. The number of benzene rings is 1. The third-order valence-corrected chi connectivity index (χ3v) is 4.23. The molecular formula is C20H23N3O3. The first-order valence-corrected chi connectivity index (χ1v) is 8.39. The lowest BCUT2D eigenvalue weighted by atomic mass is 9.86. The van der Waals surface area contributed by atoms with E-state index in [1.54, 1.807) is 30.5 Å². The topological polar surface area (TPSA) is 90.8 Å². The summed E-state index contributed by atoms with van der Waals surface area (Å²) in [6, 6.07) is 6.73. The molecule has 6 nitrogen and oxygen atoms in total. The lowest BCUT2D eigenvalue weighted by Gasteiger charge is -2.20. The number of hydrazone groups is 1. The summed E-state index contributed by atoms with van der Waals surface area (Å²) >= 11 is 0. The van der Waals surface area contributed by atoms with Crippen LogP contribution in [0.5, 0.6) is 0 Å². The second-order valence-corrected chi connectivity index (χ2v) is 6.23. The van der Waals surface area contributed by atoms with Crippen LogP contribution in [0.25, 0.3) is 6.08 Å². The van der Waals surface area contributed by atoms with Crippen LogP contribution in [0.4, 0.5) is 0 Å². The number of rotatable bonds is 6. The molecule has 1 unspecified atom stereocenters. The van der Waals surface area contributed by atoms with Crippen molar-refractivity contribution in [1.82, 2.24) is 10.9 Å². The van der Waals surface area contributed by atoms with Gasteiger partial charge in [-0.2, -0.15) is 5.10 Å². The monoisotopic (exact) mass is 353 g/mol. The van der Waals surface area contributed by atoms with Gasteiger partial charge in [-0.1, -0.05) is 30.4 Å². The Bertz CT molecular complexity index is 778. The SMILES string of the molecule is C=C(C)C1CC=C(C=NNC(=O)c2cccc(C=CC(=O)NO)c2)CC1. The molecule has 2 rings (SSSR count). The van der Waals surface area contributed by atoms with E-state index in [2.05, 4.69) is 30.1 Å². The molecular weight excluding hydrogens is 330 g/mol. The molecule has 0 aromatic heterocycles. The molecule has 0 saturated carbocycles. The number of nitrogens with zero attached hydrogens (tertiary/aromatic N) is 1. The smallest absolute Gasteiger partial charge is 0.271 e. The highest BCUT2D eigenvalue weighted by molar-refractivity contribution is 5.96. The number of hydroxylamine groups is 1. The van der Waals surface area contributed by atoms with E-state index in [4.69, 9.17) is 5.21 Å². The number of carbonyl (C=O) groups is 2. The van der Waals surface area contributed by atoms with Gasteiger partial charge in [-0.25, -0.2) is 10.9 Å². The normalized spacial score (nSPS) is 17.2. The second-order valence-electron chi connectivity index (χ2n) is 6.23. The lowest BCUT2D eigenvalue weighted by Crippen LogP contribution is -2.18. The van der Waals surface area contributed by atoms with Crippen LogP contribution in [0.2, 0.25) is 0 Å². The molecule has 26 heavy (non-hydrogen) atoms. The first kappa shape index (κ1) is 19.3. The van der Waals surface area contributed by atoms with Crippen molar-refractivity contribution in [2.75, 3.05) is 0 Å². The van der Waals surface area contributed by atoms with Gasteiger partial charge in [0.2, 0.25) is 0 Å². The lowest BCUT2D eigenvalue weighted by molar-refractivity contribution is -0.124. The molecule has 0 bridgehead atoms. The number of carbonyl (C=O) groups excluding carboxylic acids is 2. The molecule has 0 aliphatic heterocycles. The van der Waals surface area contributed by atoms with Crippen LogP contribution in [-0.4, -0.2) is 23.2 Å². The Labute approximate surface area is 153 Å². The highest BCUT2D eigenvalue weighted by atomic mass is 16.5. The summed E-state index contributed by atoms with van der Waals surface area (Å²) in [4.78, 5) is 23.2. The van der Waals surface area contributed by atoms with Crippen LogP contribution in [-0.2, 0) is 4.79 Å². The summed E-state index contributed by atoms with van der Waals surface area (Å²) < 4.78 is 0. The van der Waals surface area contributed by atoms with Crippen molar-refractivity contribution in [3.8, 4) is 0 Å². The number of amides is 2. The third kappa shape index (κ3) is 5.82. The predicted molar refractivity (Wildman–Crippen MR) is 102 cm³/mol. The van der Waals surface area contributed by atoms with E-state index in [0.29, 0.717) is 17.0 Å². The molecule has 0 saturated heterocycles. The summed E-state index contributed by atoms with van der Waals surface area (Å²) in [5, 5.41) is 12.5. The Hall–Kier alpha value is -2.99. The van der Waals surface area contributed by atoms with Crippen molar-refractivity contribution in [2.24, 2.45) is 11.0 Å². The molecule has 1 aliphatic rings.